The van der Waals surface area contributed by atoms with E-state index in [9.17, 15) is 10.1 Å². The number of fused-ring (bicyclic) bond motifs is 1. The van der Waals surface area contributed by atoms with Crippen LogP contribution in [0.25, 0.3) is 17.0 Å². The van der Waals surface area contributed by atoms with Gasteiger partial charge in [-0.3, -0.25) is 4.79 Å². The second-order valence-electron chi connectivity index (χ2n) is 4.89. The predicted molar refractivity (Wildman–Crippen MR) is 87.1 cm³/mol. The molecule has 112 valence electrons. The number of para-hydroxylation sites is 1. The second-order valence-corrected chi connectivity index (χ2v) is 4.89. The Kier molecular flexibility index (Phi) is 3.94. The van der Waals surface area contributed by atoms with Crippen LogP contribution in [0.3, 0.4) is 0 Å². The number of allylic oxidation sites excluding steroid dienone is 1. The van der Waals surface area contributed by atoms with Gasteiger partial charge in [-0.2, -0.15) is 5.26 Å². The van der Waals surface area contributed by atoms with Crippen LogP contribution >= 0.6 is 0 Å². The predicted octanol–water partition coefficient (Wildman–Crippen LogP) is 4.23. The smallest absolute Gasteiger partial charge is 0.203 e. The molecule has 1 aromatic heterocycles. The number of carbonyl (C=O) groups excluding carboxylic acids is 1. The van der Waals surface area contributed by atoms with Crippen molar-refractivity contribution in [3.63, 3.8) is 0 Å². The third-order valence-corrected chi connectivity index (χ3v) is 3.43. The van der Waals surface area contributed by atoms with E-state index in [-0.39, 0.29) is 11.4 Å². The Morgan fingerprint density at radius 2 is 1.96 bits per heavy atom. The van der Waals surface area contributed by atoms with Crippen LogP contribution < -0.4 is 4.74 Å². The van der Waals surface area contributed by atoms with Crippen LogP contribution in [0.4, 0.5) is 0 Å². The summed E-state index contributed by atoms with van der Waals surface area (Å²) in [6, 6.07) is 17.9. The Labute approximate surface area is 133 Å². The number of ketones is 1. The minimum Gasteiger partial charge on any atom is -0.493 e. The highest BCUT2D eigenvalue weighted by Crippen LogP contribution is 2.29. The molecule has 3 aromatic rings. The standard InChI is InChI=1S/C19H13NO3/c1-22-17-9-5-8-14-10-16(23-19(14)17)11-15(12-20)18(21)13-6-3-2-4-7-13/h2-11H,1H3/b15-11+. The number of carbonyl (C=O) groups is 1. The van der Waals surface area contributed by atoms with Crippen molar-refractivity contribution in [3.8, 4) is 11.8 Å². The summed E-state index contributed by atoms with van der Waals surface area (Å²) in [5.41, 5.74) is 1.08. The maximum absolute atomic E-state index is 12.4. The maximum atomic E-state index is 12.4. The molecule has 0 radical (unpaired) electrons. The zero-order chi connectivity index (χ0) is 16.2. The highest BCUT2D eigenvalue weighted by Gasteiger charge is 2.14. The van der Waals surface area contributed by atoms with E-state index < -0.39 is 0 Å². The minimum atomic E-state index is -0.333. The van der Waals surface area contributed by atoms with Gasteiger partial charge in [-0.1, -0.05) is 42.5 Å². The van der Waals surface area contributed by atoms with E-state index in [1.165, 1.54) is 6.08 Å². The third-order valence-electron chi connectivity index (χ3n) is 3.43. The summed E-state index contributed by atoms with van der Waals surface area (Å²) in [5, 5.41) is 10.1. The van der Waals surface area contributed by atoms with Crippen molar-refractivity contribution in [2.75, 3.05) is 7.11 Å². The zero-order valence-corrected chi connectivity index (χ0v) is 12.4. The van der Waals surface area contributed by atoms with Gasteiger partial charge in [0.25, 0.3) is 0 Å². The van der Waals surface area contributed by atoms with Gasteiger partial charge in [0.15, 0.2) is 11.3 Å². The van der Waals surface area contributed by atoms with Gasteiger partial charge < -0.3 is 9.15 Å². The number of furan rings is 1. The number of rotatable bonds is 4. The van der Waals surface area contributed by atoms with E-state index in [0.717, 1.165) is 5.39 Å². The van der Waals surface area contributed by atoms with Gasteiger partial charge in [0.05, 0.1) is 7.11 Å². The lowest BCUT2D eigenvalue weighted by atomic mass is 10.0. The molecule has 0 N–H and O–H groups in total. The molecule has 4 heteroatoms. The molecule has 0 saturated heterocycles. The molecule has 0 amide bonds. The van der Waals surface area contributed by atoms with Gasteiger partial charge in [-0.25, -0.2) is 0 Å². The first-order valence-corrected chi connectivity index (χ1v) is 7.01. The van der Waals surface area contributed by atoms with E-state index in [4.69, 9.17) is 9.15 Å². The molecule has 1 heterocycles. The second kappa shape index (κ2) is 6.20. The summed E-state index contributed by atoms with van der Waals surface area (Å²) in [4.78, 5) is 12.4. The maximum Gasteiger partial charge on any atom is 0.203 e. The number of ether oxygens (including phenoxy) is 1. The average Bonchev–Trinajstić information content (AvgIpc) is 3.02. The average molecular weight is 303 g/mol. The normalized spacial score (nSPS) is 11.2. The molecule has 0 saturated carbocycles. The first kappa shape index (κ1) is 14.6. The molecule has 2 aromatic carbocycles. The molecule has 0 unspecified atom stereocenters. The van der Waals surface area contributed by atoms with Crippen molar-refractivity contribution in [3.05, 3.63) is 71.5 Å². The number of nitriles is 1. The van der Waals surface area contributed by atoms with Crippen LogP contribution in [0, 0.1) is 11.3 Å². The lowest BCUT2D eigenvalue weighted by Gasteiger charge is -1.99. The van der Waals surface area contributed by atoms with Gasteiger partial charge in [-0.15, -0.1) is 0 Å². The van der Waals surface area contributed by atoms with Crippen LogP contribution in [0.2, 0.25) is 0 Å². The number of hydrogen-bond acceptors (Lipinski definition) is 4. The molecule has 0 aliphatic rings. The SMILES string of the molecule is COc1cccc2cc(/C=C(\C#N)C(=O)c3ccccc3)oc12. The number of Topliss-reactive ketones (excluding diaryl/α,β-unsaturated/α-hetero) is 1. The first-order chi connectivity index (χ1) is 11.2. The minimum absolute atomic E-state index is 0.0224. The Hall–Kier alpha value is -3.32. The van der Waals surface area contributed by atoms with Crippen molar-refractivity contribution >= 4 is 22.8 Å². The summed E-state index contributed by atoms with van der Waals surface area (Å²) >= 11 is 0. The lowest BCUT2D eigenvalue weighted by Crippen LogP contribution is -2.01. The fourth-order valence-electron chi connectivity index (χ4n) is 2.32. The fourth-order valence-corrected chi connectivity index (χ4v) is 2.32. The van der Waals surface area contributed by atoms with E-state index in [2.05, 4.69) is 0 Å². The summed E-state index contributed by atoms with van der Waals surface area (Å²) in [6.45, 7) is 0. The Morgan fingerprint density at radius 3 is 2.65 bits per heavy atom. The van der Waals surface area contributed by atoms with Gasteiger partial charge in [-0.05, 0) is 12.1 Å². The summed E-state index contributed by atoms with van der Waals surface area (Å²) in [5.74, 6) is 0.709. The third kappa shape index (κ3) is 2.85. The van der Waals surface area contributed by atoms with Crippen LogP contribution in [0.15, 0.2) is 64.6 Å². The largest absolute Gasteiger partial charge is 0.493 e. The zero-order valence-electron chi connectivity index (χ0n) is 12.4. The Morgan fingerprint density at radius 1 is 1.17 bits per heavy atom. The molecule has 23 heavy (non-hydrogen) atoms. The van der Waals surface area contributed by atoms with Gasteiger partial charge in [0.2, 0.25) is 5.78 Å². The molecular formula is C19H13NO3. The van der Waals surface area contributed by atoms with E-state index >= 15 is 0 Å². The molecule has 0 atom stereocenters. The van der Waals surface area contributed by atoms with Crippen molar-refractivity contribution < 1.29 is 13.9 Å². The van der Waals surface area contributed by atoms with Crippen LogP contribution in [-0.4, -0.2) is 12.9 Å². The first-order valence-electron chi connectivity index (χ1n) is 7.01. The van der Waals surface area contributed by atoms with Gasteiger partial charge in [0.1, 0.15) is 17.4 Å². The van der Waals surface area contributed by atoms with E-state index in [0.29, 0.717) is 22.7 Å². The van der Waals surface area contributed by atoms with E-state index in [1.54, 1.807) is 43.5 Å². The van der Waals surface area contributed by atoms with Crippen molar-refractivity contribution in [1.82, 2.24) is 0 Å². The molecule has 0 fully saturated rings. The number of hydrogen-bond donors (Lipinski definition) is 0. The molecule has 0 aliphatic carbocycles. The molecule has 4 nitrogen and oxygen atoms in total. The fraction of sp³-hybridized carbons (Fsp3) is 0.0526. The number of methoxy groups -OCH3 is 1. The monoisotopic (exact) mass is 303 g/mol. The van der Waals surface area contributed by atoms with Crippen LogP contribution in [0.5, 0.6) is 5.75 Å². The van der Waals surface area contributed by atoms with Gasteiger partial charge in [0, 0.05) is 17.0 Å². The molecule has 3 rings (SSSR count). The molecule has 0 spiro atoms. The molecule has 0 aliphatic heterocycles. The van der Waals surface area contributed by atoms with Crippen molar-refractivity contribution in [2.24, 2.45) is 0 Å². The Bertz CT molecular complexity index is 930. The highest BCUT2D eigenvalue weighted by molar-refractivity contribution is 6.14. The number of nitrogens with zero attached hydrogens (tertiary/aromatic N) is 1. The van der Waals surface area contributed by atoms with E-state index in [1.807, 2.05) is 24.3 Å². The lowest BCUT2D eigenvalue weighted by molar-refractivity contribution is 0.104. The molecule has 0 bridgehead atoms. The van der Waals surface area contributed by atoms with Crippen LogP contribution in [0.1, 0.15) is 16.1 Å². The summed E-state index contributed by atoms with van der Waals surface area (Å²) in [7, 11) is 1.56. The quantitative estimate of drug-likeness (QED) is 0.411. The Balaban J connectivity index is 2.02. The topological polar surface area (TPSA) is 63.2 Å². The summed E-state index contributed by atoms with van der Waals surface area (Å²) in [6.07, 6.45) is 1.45. The number of benzene rings is 2. The van der Waals surface area contributed by atoms with Crippen LogP contribution in [-0.2, 0) is 0 Å². The van der Waals surface area contributed by atoms with Crippen molar-refractivity contribution in [1.29, 1.82) is 5.26 Å². The highest BCUT2D eigenvalue weighted by atomic mass is 16.5. The van der Waals surface area contributed by atoms with Gasteiger partial charge >= 0.3 is 0 Å². The summed E-state index contributed by atoms with van der Waals surface area (Å²) < 4.78 is 10.9. The van der Waals surface area contributed by atoms with Crippen molar-refractivity contribution in [2.45, 2.75) is 0 Å². The molecular weight excluding hydrogens is 290 g/mol.